The highest BCUT2D eigenvalue weighted by atomic mass is 16.4. The molecule has 1 N–H and O–H groups in total. The number of carbonyl (C=O) groups excluding carboxylic acids is 1. The Morgan fingerprint density at radius 1 is 1.26 bits per heavy atom. The SMILES string of the molecule is CCCN(CCC)C(=O)Cn1nnc(C(=O)O)c1C. The summed E-state index contributed by atoms with van der Waals surface area (Å²) in [4.78, 5) is 24.7. The molecule has 0 saturated heterocycles. The molecule has 1 amide bonds. The standard InChI is InChI=1S/C12H20N4O3/c1-4-6-15(7-5-2)10(17)8-16-9(3)11(12(18)19)13-14-16/h4-8H2,1-3H3,(H,18,19). The first-order chi connectivity index (χ1) is 9.01. The lowest BCUT2D eigenvalue weighted by molar-refractivity contribution is -0.132. The van der Waals surface area contributed by atoms with Crippen molar-refractivity contribution in [1.82, 2.24) is 19.9 Å². The highest BCUT2D eigenvalue weighted by Crippen LogP contribution is 2.05. The van der Waals surface area contributed by atoms with E-state index in [0.29, 0.717) is 18.8 Å². The monoisotopic (exact) mass is 268 g/mol. The predicted molar refractivity (Wildman–Crippen MR) is 68.9 cm³/mol. The molecule has 7 heteroatoms. The van der Waals surface area contributed by atoms with Crippen molar-refractivity contribution < 1.29 is 14.7 Å². The van der Waals surface area contributed by atoms with Gasteiger partial charge in [0.15, 0.2) is 5.69 Å². The molecule has 0 saturated carbocycles. The third-order valence-electron chi connectivity index (χ3n) is 2.81. The van der Waals surface area contributed by atoms with Crippen LogP contribution in [-0.2, 0) is 11.3 Å². The summed E-state index contributed by atoms with van der Waals surface area (Å²) >= 11 is 0. The minimum Gasteiger partial charge on any atom is -0.476 e. The van der Waals surface area contributed by atoms with Gasteiger partial charge in [-0.1, -0.05) is 19.1 Å². The van der Waals surface area contributed by atoms with Crippen molar-refractivity contribution in [3.05, 3.63) is 11.4 Å². The van der Waals surface area contributed by atoms with Gasteiger partial charge in [0.05, 0.1) is 5.69 Å². The van der Waals surface area contributed by atoms with Crippen LogP contribution in [0.25, 0.3) is 0 Å². The number of amides is 1. The maximum atomic E-state index is 12.1. The van der Waals surface area contributed by atoms with Crippen molar-refractivity contribution in [2.75, 3.05) is 13.1 Å². The summed E-state index contributed by atoms with van der Waals surface area (Å²) in [7, 11) is 0. The largest absolute Gasteiger partial charge is 0.476 e. The highest BCUT2D eigenvalue weighted by molar-refractivity contribution is 5.86. The molecule has 7 nitrogen and oxygen atoms in total. The molecule has 0 bridgehead atoms. The Labute approximate surface area is 112 Å². The van der Waals surface area contributed by atoms with Crippen LogP contribution in [-0.4, -0.2) is 50.0 Å². The van der Waals surface area contributed by atoms with E-state index in [1.54, 1.807) is 11.8 Å². The van der Waals surface area contributed by atoms with E-state index in [0.717, 1.165) is 12.8 Å². The van der Waals surface area contributed by atoms with Gasteiger partial charge in [0.25, 0.3) is 0 Å². The zero-order chi connectivity index (χ0) is 14.4. The van der Waals surface area contributed by atoms with Crippen LogP contribution in [0.5, 0.6) is 0 Å². The van der Waals surface area contributed by atoms with Crippen LogP contribution in [0.1, 0.15) is 42.9 Å². The number of nitrogens with zero attached hydrogens (tertiary/aromatic N) is 4. The van der Waals surface area contributed by atoms with Gasteiger partial charge in [0, 0.05) is 13.1 Å². The van der Waals surface area contributed by atoms with E-state index in [2.05, 4.69) is 10.3 Å². The molecule has 0 unspecified atom stereocenters. The van der Waals surface area contributed by atoms with Crippen molar-refractivity contribution >= 4 is 11.9 Å². The van der Waals surface area contributed by atoms with E-state index in [1.165, 1.54) is 4.68 Å². The maximum Gasteiger partial charge on any atom is 0.358 e. The lowest BCUT2D eigenvalue weighted by Crippen LogP contribution is -2.35. The predicted octanol–water partition coefficient (Wildman–Crippen LogP) is 0.933. The normalized spacial score (nSPS) is 10.5. The Morgan fingerprint density at radius 3 is 2.26 bits per heavy atom. The fourth-order valence-corrected chi connectivity index (χ4v) is 1.84. The Morgan fingerprint density at radius 2 is 1.84 bits per heavy atom. The van der Waals surface area contributed by atoms with E-state index in [9.17, 15) is 9.59 Å². The smallest absolute Gasteiger partial charge is 0.358 e. The van der Waals surface area contributed by atoms with Crippen molar-refractivity contribution in [1.29, 1.82) is 0 Å². The van der Waals surface area contributed by atoms with Gasteiger partial charge in [-0.2, -0.15) is 0 Å². The lowest BCUT2D eigenvalue weighted by atomic mass is 10.3. The average Bonchev–Trinajstić information content (AvgIpc) is 2.71. The second-order valence-corrected chi connectivity index (χ2v) is 4.37. The summed E-state index contributed by atoms with van der Waals surface area (Å²) < 4.78 is 1.34. The first kappa shape index (κ1) is 15.1. The van der Waals surface area contributed by atoms with Gasteiger partial charge in [-0.05, 0) is 19.8 Å². The molecule has 0 radical (unpaired) electrons. The number of rotatable bonds is 7. The lowest BCUT2D eigenvalue weighted by Gasteiger charge is -2.21. The van der Waals surface area contributed by atoms with Gasteiger partial charge in [0.1, 0.15) is 6.54 Å². The van der Waals surface area contributed by atoms with Gasteiger partial charge < -0.3 is 10.0 Å². The van der Waals surface area contributed by atoms with Crippen LogP contribution >= 0.6 is 0 Å². The number of carbonyl (C=O) groups is 2. The van der Waals surface area contributed by atoms with Gasteiger partial charge in [-0.15, -0.1) is 5.10 Å². The number of hydrogen-bond donors (Lipinski definition) is 1. The van der Waals surface area contributed by atoms with E-state index < -0.39 is 5.97 Å². The molecule has 0 aliphatic heterocycles. The minimum atomic E-state index is -1.13. The van der Waals surface area contributed by atoms with Gasteiger partial charge in [-0.25, -0.2) is 9.48 Å². The first-order valence-corrected chi connectivity index (χ1v) is 6.42. The van der Waals surface area contributed by atoms with Gasteiger partial charge in [0.2, 0.25) is 5.91 Å². The summed E-state index contributed by atoms with van der Waals surface area (Å²) in [5, 5.41) is 16.2. The molecule has 1 heterocycles. The molecule has 106 valence electrons. The fourth-order valence-electron chi connectivity index (χ4n) is 1.84. The topological polar surface area (TPSA) is 88.3 Å². The molecule has 0 aliphatic carbocycles. The number of hydrogen-bond acceptors (Lipinski definition) is 4. The average molecular weight is 268 g/mol. The number of carboxylic acids is 1. The van der Waals surface area contributed by atoms with E-state index in [1.807, 2.05) is 13.8 Å². The van der Waals surface area contributed by atoms with Crippen molar-refractivity contribution in [3.63, 3.8) is 0 Å². The Bertz CT molecular complexity index is 450. The third kappa shape index (κ3) is 3.77. The van der Waals surface area contributed by atoms with Crippen LogP contribution in [0, 0.1) is 6.92 Å². The number of aromatic nitrogens is 3. The van der Waals surface area contributed by atoms with Crippen LogP contribution < -0.4 is 0 Å². The molecule has 0 aliphatic rings. The zero-order valence-corrected chi connectivity index (χ0v) is 11.6. The highest BCUT2D eigenvalue weighted by Gasteiger charge is 2.19. The molecular weight excluding hydrogens is 248 g/mol. The summed E-state index contributed by atoms with van der Waals surface area (Å²) in [6, 6.07) is 0. The van der Waals surface area contributed by atoms with E-state index >= 15 is 0 Å². The molecule has 0 spiro atoms. The number of carboxylic acid groups (broad SMARTS) is 1. The van der Waals surface area contributed by atoms with Gasteiger partial charge >= 0.3 is 5.97 Å². The second-order valence-electron chi connectivity index (χ2n) is 4.37. The molecule has 1 aromatic rings. The Balaban J connectivity index is 2.77. The number of aromatic carboxylic acids is 1. The van der Waals surface area contributed by atoms with Crippen molar-refractivity contribution in [3.8, 4) is 0 Å². The molecule has 19 heavy (non-hydrogen) atoms. The fraction of sp³-hybridized carbons (Fsp3) is 0.667. The molecule has 0 aromatic carbocycles. The first-order valence-electron chi connectivity index (χ1n) is 6.42. The summed E-state index contributed by atoms with van der Waals surface area (Å²) in [6.45, 7) is 7.06. The van der Waals surface area contributed by atoms with E-state index in [4.69, 9.17) is 5.11 Å². The van der Waals surface area contributed by atoms with Crippen molar-refractivity contribution in [2.45, 2.75) is 40.2 Å². The zero-order valence-electron chi connectivity index (χ0n) is 11.6. The minimum absolute atomic E-state index is 0.0338. The van der Waals surface area contributed by atoms with E-state index in [-0.39, 0.29) is 18.1 Å². The maximum absolute atomic E-state index is 12.1. The molecule has 1 aromatic heterocycles. The summed E-state index contributed by atoms with van der Waals surface area (Å²) in [5.41, 5.74) is 0.291. The van der Waals surface area contributed by atoms with Gasteiger partial charge in [-0.3, -0.25) is 4.79 Å². The molecule has 0 atom stereocenters. The van der Waals surface area contributed by atoms with Crippen LogP contribution in [0.2, 0.25) is 0 Å². The van der Waals surface area contributed by atoms with Crippen molar-refractivity contribution in [2.24, 2.45) is 0 Å². The quantitative estimate of drug-likeness (QED) is 0.794. The van der Waals surface area contributed by atoms with Crippen LogP contribution in [0.3, 0.4) is 0 Å². The molecule has 1 rings (SSSR count). The summed E-state index contributed by atoms with van der Waals surface area (Å²) in [6.07, 6.45) is 1.78. The van der Waals surface area contributed by atoms with Crippen LogP contribution in [0.15, 0.2) is 0 Å². The Hall–Kier alpha value is -1.92. The third-order valence-corrected chi connectivity index (χ3v) is 2.81. The Kier molecular flexibility index (Phi) is 5.47. The van der Waals surface area contributed by atoms with Crippen LogP contribution in [0.4, 0.5) is 0 Å². The summed E-state index contributed by atoms with van der Waals surface area (Å²) in [5.74, 6) is -1.19. The molecule has 0 fully saturated rings. The second kappa shape index (κ2) is 6.86. The molecular formula is C12H20N4O3.